The molecule has 0 heterocycles. The lowest BCUT2D eigenvalue weighted by molar-refractivity contribution is 0.0874. The highest BCUT2D eigenvalue weighted by Gasteiger charge is 2.25. The molecule has 0 atom stereocenters. The van der Waals surface area contributed by atoms with Crippen molar-refractivity contribution >= 4 is 79.6 Å². The summed E-state index contributed by atoms with van der Waals surface area (Å²) in [5.41, 5.74) is 0.506. The van der Waals surface area contributed by atoms with E-state index in [9.17, 15) is 9.59 Å². The van der Waals surface area contributed by atoms with Crippen molar-refractivity contribution in [1.82, 2.24) is 10.6 Å². The van der Waals surface area contributed by atoms with Crippen molar-refractivity contribution in [2.24, 2.45) is 0 Å². The summed E-state index contributed by atoms with van der Waals surface area (Å²) in [5.74, 6) is -1.04. The SMILES string of the molecule is O=C(NC(CO)CO)c1c(I)cc(I)c(C(=O)NC(CO)CO)c1I. The van der Waals surface area contributed by atoms with Crippen molar-refractivity contribution in [3.05, 3.63) is 27.9 Å². The van der Waals surface area contributed by atoms with Crippen LogP contribution >= 0.6 is 67.8 Å². The first-order chi connectivity index (χ1) is 11.8. The molecule has 2 amide bonds. The zero-order valence-electron chi connectivity index (χ0n) is 12.8. The Labute approximate surface area is 185 Å². The molecule has 0 radical (unpaired) electrons. The number of aliphatic hydroxyl groups is 4. The normalized spacial score (nSPS) is 11.1. The zero-order chi connectivity index (χ0) is 19.1. The van der Waals surface area contributed by atoms with Gasteiger partial charge in [-0.3, -0.25) is 9.59 Å². The van der Waals surface area contributed by atoms with Crippen molar-refractivity contribution in [3.63, 3.8) is 0 Å². The van der Waals surface area contributed by atoms with Crippen LogP contribution in [0.25, 0.3) is 0 Å². The molecular weight excluding hydrogens is 673 g/mol. The molecule has 1 aromatic carbocycles. The fourth-order valence-electron chi connectivity index (χ4n) is 1.82. The molecule has 11 heteroatoms. The Hall–Kier alpha value is 0.190. The van der Waals surface area contributed by atoms with E-state index in [0.717, 1.165) is 0 Å². The first-order valence-electron chi connectivity index (χ1n) is 7.03. The lowest BCUT2D eigenvalue weighted by Gasteiger charge is -2.19. The van der Waals surface area contributed by atoms with Crippen molar-refractivity contribution in [2.75, 3.05) is 26.4 Å². The molecule has 1 rings (SSSR count). The first kappa shape index (κ1) is 23.2. The largest absolute Gasteiger partial charge is 0.394 e. The Balaban J connectivity index is 3.25. The van der Waals surface area contributed by atoms with Gasteiger partial charge in [0.2, 0.25) is 0 Å². The quantitative estimate of drug-likeness (QED) is 0.207. The second-order valence-corrected chi connectivity index (χ2v) is 8.38. The van der Waals surface area contributed by atoms with Gasteiger partial charge in [-0.2, -0.15) is 0 Å². The fraction of sp³-hybridized carbons (Fsp3) is 0.429. The molecule has 0 bridgehead atoms. The smallest absolute Gasteiger partial charge is 0.253 e. The molecule has 0 fully saturated rings. The average Bonchev–Trinajstić information content (AvgIpc) is 2.56. The third kappa shape index (κ3) is 6.10. The van der Waals surface area contributed by atoms with Gasteiger partial charge in [0, 0.05) is 10.7 Å². The molecule has 0 saturated carbocycles. The molecule has 0 aromatic heterocycles. The molecular formula is C14H17I3N2O6. The minimum absolute atomic E-state index is 0.253. The molecule has 25 heavy (non-hydrogen) atoms. The number of hydrogen-bond donors (Lipinski definition) is 6. The summed E-state index contributed by atoms with van der Waals surface area (Å²) in [5, 5.41) is 41.4. The van der Waals surface area contributed by atoms with Crippen LogP contribution in [0.1, 0.15) is 20.7 Å². The first-order valence-corrected chi connectivity index (χ1v) is 10.3. The Morgan fingerprint density at radius 3 is 1.40 bits per heavy atom. The maximum absolute atomic E-state index is 12.5. The van der Waals surface area contributed by atoms with Crippen LogP contribution in [0.2, 0.25) is 0 Å². The number of hydrogen-bond acceptors (Lipinski definition) is 6. The molecule has 0 unspecified atom stereocenters. The minimum atomic E-state index is -0.802. The number of benzene rings is 1. The highest BCUT2D eigenvalue weighted by Crippen LogP contribution is 2.28. The second-order valence-electron chi connectivity index (χ2n) is 4.98. The van der Waals surface area contributed by atoms with E-state index in [4.69, 9.17) is 20.4 Å². The number of halogens is 3. The number of amides is 2. The number of rotatable bonds is 8. The number of nitrogens with one attached hydrogen (secondary N) is 2. The maximum atomic E-state index is 12.5. The van der Waals surface area contributed by atoms with Gasteiger partial charge in [0.25, 0.3) is 11.8 Å². The Bertz CT molecular complexity index is 585. The monoisotopic (exact) mass is 690 g/mol. The van der Waals surface area contributed by atoms with E-state index in [2.05, 4.69) is 10.6 Å². The van der Waals surface area contributed by atoms with E-state index in [1.807, 2.05) is 67.8 Å². The van der Waals surface area contributed by atoms with E-state index in [0.29, 0.717) is 10.7 Å². The summed E-state index contributed by atoms with van der Waals surface area (Å²) < 4.78 is 1.61. The molecule has 6 N–H and O–H groups in total. The van der Waals surface area contributed by atoms with Crippen LogP contribution in [0, 0.1) is 10.7 Å². The molecule has 0 spiro atoms. The molecule has 140 valence electrons. The molecule has 1 aromatic rings. The Morgan fingerprint density at radius 2 is 1.12 bits per heavy atom. The number of carbonyl (C=O) groups excluding carboxylic acids is 2. The summed E-state index contributed by atoms with van der Waals surface area (Å²) in [7, 11) is 0. The van der Waals surface area contributed by atoms with Crippen molar-refractivity contribution in [1.29, 1.82) is 0 Å². The van der Waals surface area contributed by atoms with E-state index < -0.39 is 50.3 Å². The summed E-state index contributed by atoms with van der Waals surface area (Å²) in [4.78, 5) is 25.0. The van der Waals surface area contributed by atoms with Crippen LogP contribution in [0.5, 0.6) is 0 Å². The number of aliphatic hydroxyl groups excluding tert-OH is 4. The lowest BCUT2D eigenvalue weighted by Crippen LogP contribution is -2.42. The molecule has 0 aliphatic heterocycles. The van der Waals surface area contributed by atoms with Gasteiger partial charge in [-0.15, -0.1) is 0 Å². The fourth-order valence-corrected chi connectivity index (χ4v) is 6.17. The van der Waals surface area contributed by atoms with Crippen LogP contribution < -0.4 is 10.6 Å². The van der Waals surface area contributed by atoms with Crippen LogP contribution in [0.3, 0.4) is 0 Å². The van der Waals surface area contributed by atoms with Gasteiger partial charge in [0.05, 0.1) is 49.6 Å². The van der Waals surface area contributed by atoms with Gasteiger partial charge < -0.3 is 31.1 Å². The highest BCUT2D eigenvalue weighted by molar-refractivity contribution is 14.1. The lowest BCUT2D eigenvalue weighted by atomic mass is 10.1. The molecule has 0 saturated heterocycles. The number of carbonyl (C=O) groups is 2. The van der Waals surface area contributed by atoms with E-state index in [-0.39, 0.29) is 11.1 Å². The summed E-state index contributed by atoms with van der Waals surface area (Å²) in [6.45, 7) is -1.66. The standard InChI is InChI=1S/C14H17I3N2O6/c15-8-1-9(16)11(14(25)19-7(4-22)5-23)12(17)10(8)13(24)18-6(2-20)3-21/h1,6-7,20-23H,2-5H2,(H,18,24)(H,19,25). The van der Waals surface area contributed by atoms with Crippen molar-refractivity contribution < 1.29 is 30.0 Å². The third-order valence-electron chi connectivity index (χ3n) is 3.18. The molecule has 0 aliphatic rings. The average molecular weight is 690 g/mol. The Morgan fingerprint density at radius 1 is 0.800 bits per heavy atom. The predicted molar refractivity (Wildman–Crippen MR) is 115 cm³/mol. The van der Waals surface area contributed by atoms with Gasteiger partial charge in [-0.25, -0.2) is 0 Å². The second kappa shape index (κ2) is 11.1. The molecule has 8 nitrogen and oxygen atoms in total. The molecule has 0 aliphatic carbocycles. The van der Waals surface area contributed by atoms with Gasteiger partial charge in [0.1, 0.15) is 0 Å². The minimum Gasteiger partial charge on any atom is -0.394 e. The van der Waals surface area contributed by atoms with Gasteiger partial charge in [0.15, 0.2) is 0 Å². The Kier molecular flexibility index (Phi) is 10.3. The van der Waals surface area contributed by atoms with Crippen LogP contribution in [0.4, 0.5) is 0 Å². The topological polar surface area (TPSA) is 139 Å². The van der Waals surface area contributed by atoms with Crippen LogP contribution in [0.15, 0.2) is 6.07 Å². The third-order valence-corrected chi connectivity index (χ3v) is 5.96. The van der Waals surface area contributed by atoms with E-state index in [1.165, 1.54) is 0 Å². The highest BCUT2D eigenvalue weighted by atomic mass is 127. The van der Waals surface area contributed by atoms with Crippen molar-refractivity contribution in [2.45, 2.75) is 12.1 Å². The van der Waals surface area contributed by atoms with Crippen molar-refractivity contribution in [3.8, 4) is 0 Å². The van der Waals surface area contributed by atoms with Gasteiger partial charge in [-0.05, 0) is 73.8 Å². The van der Waals surface area contributed by atoms with Crippen LogP contribution in [-0.2, 0) is 0 Å². The van der Waals surface area contributed by atoms with Gasteiger partial charge in [-0.1, -0.05) is 0 Å². The maximum Gasteiger partial charge on any atom is 0.253 e. The zero-order valence-corrected chi connectivity index (χ0v) is 19.3. The summed E-state index contributed by atoms with van der Waals surface area (Å²) in [6.07, 6.45) is 0. The van der Waals surface area contributed by atoms with Gasteiger partial charge >= 0.3 is 0 Å². The summed E-state index contributed by atoms with van der Waals surface area (Å²) >= 11 is 5.83. The summed E-state index contributed by atoms with van der Waals surface area (Å²) in [6, 6.07) is 0.0556. The predicted octanol–water partition coefficient (Wildman–Crippen LogP) is -0.334. The van der Waals surface area contributed by atoms with Crippen LogP contribution in [-0.4, -0.2) is 70.8 Å². The van der Waals surface area contributed by atoms with E-state index in [1.54, 1.807) is 6.07 Å². The van der Waals surface area contributed by atoms with E-state index >= 15 is 0 Å².